The summed E-state index contributed by atoms with van der Waals surface area (Å²) >= 11 is 0. The minimum absolute atomic E-state index is 0.424. The number of carboxylic acids is 1. The van der Waals surface area contributed by atoms with Crippen LogP contribution in [0.2, 0.25) is 0 Å². The van der Waals surface area contributed by atoms with Crippen LogP contribution in [-0.4, -0.2) is 47.9 Å². The third kappa shape index (κ3) is 5.10. The Morgan fingerprint density at radius 1 is 1.39 bits per heavy atom. The van der Waals surface area contributed by atoms with E-state index in [4.69, 9.17) is 14.6 Å². The van der Waals surface area contributed by atoms with Crippen LogP contribution in [0, 0.1) is 0 Å². The fraction of sp³-hybridized carbons (Fsp3) is 0.588. The first kappa shape index (κ1) is 17.5. The molecule has 1 aromatic carbocycles. The first-order chi connectivity index (χ1) is 11.0. The van der Waals surface area contributed by atoms with Crippen LogP contribution in [0.5, 0.6) is 11.5 Å². The summed E-state index contributed by atoms with van der Waals surface area (Å²) in [5.74, 6) is -0.0583. The number of ether oxygens (including phenoxy) is 2. The number of benzene rings is 1. The molecule has 0 saturated carbocycles. The molecule has 0 aliphatic carbocycles. The van der Waals surface area contributed by atoms with Crippen molar-refractivity contribution >= 4 is 5.97 Å². The molecular weight excluding hydrogens is 301 g/mol. The van der Waals surface area contributed by atoms with E-state index in [0.29, 0.717) is 30.9 Å². The van der Waals surface area contributed by atoms with Crippen LogP contribution in [-0.2, 0) is 11.3 Å². The van der Waals surface area contributed by atoms with Gasteiger partial charge in [0.25, 0.3) is 0 Å². The number of carbonyl (C=O) groups is 1. The van der Waals surface area contributed by atoms with Gasteiger partial charge >= 0.3 is 5.97 Å². The second kappa shape index (κ2) is 8.15. The molecule has 0 bridgehead atoms. The molecule has 128 valence electrons. The lowest BCUT2D eigenvalue weighted by atomic mass is 10.1. The molecule has 0 aromatic heterocycles. The van der Waals surface area contributed by atoms with Crippen LogP contribution in [0.25, 0.3) is 0 Å². The van der Waals surface area contributed by atoms with E-state index in [1.807, 2.05) is 19.1 Å². The largest absolute Gasteiger partial charge is 0.490 e. The summed E-state index contributed by atoms with van der Waals surface area (Å²) in [4.78, 5) is 13.1. The quantitative estimate of drug-likeness (QED) is 0.835. The third-order valence-electron chi connectivity index (χ3n) is 3.88. The molecule has 5 nitrogen and oxygen atoms in total. The van der Waals surface area contributed by atoms with E-state index in [1.165, 1.54) is 6.92 Å². The van der Waals surface area contributed by atoms with Gasteiger partial charge in [0.15, 0.2) is 17.6 Å². The maximum absolute atomic E-state index is 13.2. The van der Waals surface area contributed by atoms with Gasteiger partial charge in [0.1, 0.15) is 6.17 Å². The van der Waals surface area contributed by atoms with Gasteiger partial charge in [0.05, 0.1) is 6.61 Å². The summed E-state index contributed by atoms with van der Waals surface area (Å²) in [6.07, 6.45) is -0.465. The van der Waals surface area contributed by atoms with Gasteiger partial charge in [-0.05, 0) is 44.4 Å². The molecule has 1 aliphatic heterocycles. The Labute approximate surface area is 136 Å². The number of hydrogen-bond acceptors (Lipinski definition) is 4. The zero-order chi connectivity index (χ0) is 16.8. The van der Waals surface area contributed by atoms with Crippen LogP contribution < -0.4 is 9.47 Å². The molecule has 1 saturated heterocycles. The zero-order valence-electron chi connectivity index (χ0n) is 13.6. The van der Waals surface area contributed by atoms with Crippen molar-refractivity contribution in [2.75, 3.05) is 19.7 Å². The van der Waals surface area contributed by atoms with Crippen molar-refractivity contribution in [1.82, 2.24) is 4.90 Å². The highest BCUT2D eigenvalue weighted by molar-refractivity contribution is 5.72. The highest BCUT2D eigenvalue weighted by Crippen LogP contribution is 2.30. The van der Waals surface area contributed by atoms with E-state index in [0.717, 1.165) is 25.2 Å². The average Bonchev–Trinajstić information content (AvgIpc) is 2.52. The van der Waals surface area contributed by atoms with Gasteiger partial charge < -0.3 is 14.6 Å². The molecule has 1 N–H and O–H groups in total. The SMILES string of the molecule is CCOc1cc(CN2CCC(F)CC2)ccc1OC(C)C(=O)O. The van der Waals surface area contributed by atoms with Gasteiger partial charge in [0.2, 0.25) is 0 Å². The number of likely N-dealkylation sites (tertiary alicyclic amines) is 1. The number of aliphatic carboxylic acids is 1. The van der Waals surface area contributed by atoms with Crippen LogP contribution in [0.3, 0.4) is 0 Å². The van der Waals surface area contributed by atoms with Gasteiger partial charge in [-0.2, -0.15) is 0 Å². The molecule has 6 heteroatoms. The minimum atomic E-state index is -1.02. The molecule has 23 heavy (non-hydrogen) atoms. The normalized spacial score (nSPS) is 17.7. The molecule has 0 amide bonds. The fourth-order valence-corrected chi connectivity index (χ4v) is 2.58. The number of halogens is 1. The lowest BCUT2D eigenvalue weighted by Gasteiger charge is -2.28. The summed E-state index contributed by atoms with van der Waals surface area (Å²) in [5, 5.41) is 8.95. The zero-order valence-corrected chi connectivity index (χ0v) is 13.6. The van der Waals surface area contributed by atoms with Crippen molar-refractivity contribution in [1.29, 1.82) is 0 Å². The molecule has 1 aromatic rings. The van der Waals surface area contributed by atoms with Crippen LogP contribution in [0.4, 0.5) is 4.39 Å². The van der Waals surface area contributed by atoms with Crippen LogP contribution >= 0.6 is 0 Å². The van der Waals surface area contributed by atoms with Gasteiger partial charge in [-0.25, -0.2) is 9.18 Å². The smallest absolute Gasteiger partial charge is 0.344 e. The number of nitrogens with zero attached hydrogens (tertiary/aromatic N) is 1. The molecule has 1 atom stereocenters. The topological polar surface area (TPSA) is 59.0 Å². The molecule has 1 aliphatic rings. The summed E-state index contributed by atoms with van der Waals surface area (Å²) in [7, 11) is 0. The van der Waals surface area contributed by atoms with Crippen molar-refractivity contribution < 1.29 is 23.8 Å². The van der Waals surface area contributed by atoms with E-state index in [9.17, 15) is 9.18 Å². The second-order valence-corrected chi connectivity index (χ2v) is 5.76. The number of rotatable bonds is 7. The third-order valence-corrected chi connectivity index (χ3v) is 3.88. The molecule has 2 rings (SSSR count). The Bertz CT molecular complexity index is 529. The molecule has 0 spiro atoms. The lowest BCUT2D eigenvalue weighted by molar-refractivity contribution is -0.144. The Morgan fingerprint density at radius 3 is 2.70 bits per heavy atom. The van der Waals surface area contributed by atoms with E-state index in [-0.39, 0.29) is 0 Å². The van der Waals surface area contributed by atoms with Gasteiger partial charge in [0, 0.05) is 19.6 Å². The first-order valence-electron chi connectivity index (χ1n) is 8.01. The van der Waals surface area contributed by atoms with Crippen molar-refractivity contribution in [3.63, 3.8) is 0 Å². The van der Waals surface area contributed by atoms with E-state index in [1.54, 1.807) is 6.07 Å². The van der Waals surface area contributed by atoms with Gasteiger partial charge in [-0.1, -0.05) is 6.07 Å². The standard InChI is InChI=1S/C17H24FNO4/c1-3-22-16-10-13(11-19-8-6-14(18)7-9-19)4-5-15(16)23-12(2)17(20)21/h4-5,10,12,14H,3,6-9,11H2,1-2H3,(H,20,21). The Hall–Kier alpha value is -1.82. The average molecular weight is 325 g/mol. The maximum Gasteiger partial charge on any atom is 0.344 e. The van der Waals surface area contributed by atoms with Crippen LogP contribution in [0.15, 0.2) is 18.2 Å². The van der Waals surface area contributed by atoms with Crippen LogP contribution in [0.1, 0.15) is 32.3 Å². The molecule has 1 heterocycles. The Kier molecular flexibility index (Phi) is 6.21. The predicted molar refractivity (Wildman–Crippen MR) is 84.7 cm³/mol. The van der Waals surface area contributed by atoms with E-state index < -0.39 is 18.2 Å². The second-order valence-electron chi connectivity index (χ2n) is 5.76. The summed E-state index contributed by atoms with van der Waals surface area (Å²) in [6, 6.07) is 5.50. The molecule has 1 unspecified atom stereocenters. The fourth-order valence-electron chi connectivity index (χ4n) is 2.58. The summed E-state index contributed by atoms with van der Waals surface area (Å²) in [6.45, 7) is 6.03. The van der Waals surface area contributed by atoms with Gasteiger partial charge in [-0.15, -0.1) is 0 Å². The lowest BCUT2D eigenvalue weighted by Crippen LogP contribution is -2.33. The van der Waals surface area contributed by atoms with E-state index in [2.05, 4.69) is 4.90 Å². The first-order valence-corrected chi connectivity index (χ1v) is 8.01. The van der Waals surface area contributed by atoms with Crippen molar-refractivity contribution in [2.24, 2.45) is 0 Å². The summed E-state index contributed by atoms with van der Waals surface area (Å²) in [5.41, 5.74) is 1.04. The Balaban J connectivity index is 2.07. The van der Waals surface area contributed by atoms with Crippen molar-refractivity contribution in [3.05, 3.63) is 23.8 Å². The number of piperidine rings is 1. The minimum Gasteiger partial charge on any atom is -0.490 e. The maximum atomic E-state index is 13.2. The van der Waals surface area contributed by atoms with Gasteiger partial charge in [-0.3, -0.25) is 4.90 Å². The van der Waals surface area contributed by atoms with Crippen molar-refractivity contribution in [2.45, 2.75) is 45.5 Å². The Morgan fingerprint density at radius 2 is 2.09 bits per heavy atom. The van der Waals surface area contributed by atoms with Crippen molar-refractivity contribution in [3.8, 4) is 11.5 Å². The monoisotopic (exact) mass is 325 g/mol. The number of alkyl halides is 1. The van der Waals surface area contributed by atoms with E-state index >= 15 is 0 Å². The molecule has 0 radical (unpaired) electrons. The highest BCUT2D eigenvalue weighted by atomic mass is 19.1. The summed E-state index contributed by atoms with van der Waals surface area (Å²) < 4.78 is 24.2. The number of hydrogen-bond donors (Lipinski definition) is 1. The predicted octanol–water partition coefficient (Wildman–Crippen LogP) is 2.87. The highest BCUT2D eigenvalue weighted by Gasteiger charge is 2.20. The molecular formula is C17H24FNO4. The molecule has 1 fully saturated rings. The number of carboxylic acid groups (broad SMARTS) is 1.